The van der Waals surface area contributed by atoms with Crippen LogP contribution in [0.5, 0.6) is 17.2 Å². The molecular formula is C25H28N4O5. The number of aromatic hydroxyl groups is 1. The summed E-state index contributed by atoms with van der Waals surface area (Å²) in [6.07, 6.45) is 3.45. The average Bonchev–Trinajstić information content (AvgIpc) is 3.04. The van der Waals surface area contributed by atoms with Gasteiger partial charge in [0.1, 0.15) is 24.7 Å². The van der Waals surface area contributed by atoms with Crippen molar-refractivity contribution in [3.8, 4) is 17.2 Å². The number of carbonyl (C=O) groups excluding carboxylic acids is 2. The molecule has 0 aromatic heterocycles. The number of ether oxygens (including phenoxy) is 2. The number of phenols is 1. The lowest BCUT2D eigenvalue weighted by atomic mass is 10.1. The Labute approximate surface area is 197 Å². The molecule has 2 aromatic carbocycles. The van der Waals surface area contributed by atoms with Crippen LogP contribution in [0.15, 0.2) is 49.1 Å². The van der Waals surface area contributed by atoms with Crippen molar-refractivity contribution in [2.24, 2.45) is 0 Å². The Morgan fingerprint density at radius 3 is 2.85 bits per heavy atom. The van der Waals surface area contributed by atoms with E-state index < -0.39 is 6.29 Å². The minimum absolute atomic E-state index is 0.0224. The van der Waals surface area contributed by atoms with Crippen LogP contribution in [-0.4, -0.2) is 60.5 Å². The van der Waals surface area contributed by atoms with Gasteiger partial charge in [0.15, 0.2) is 17.8 Å². The first kappa shape index (κ1) is 21.9. The molecule has 3 heterocycles. The topological polar surface area (TPSA) is 103 Å². The van der Waals surface area contributed by atoms with Crippen LogP contribution < -0.4 is 25.0 Å². The van der Waals surface area contributed by atoms with E-state index >= 15 is 0 Å². The third-order valence-electron chi connectivity index (χ3n) is 6.41. The van der Waals surface area contributed by atoms with Crippen LogP contribution in [0, 0.1) is 0 Å². The van der Waals surface area contributed by atoms with E-state index in [0.29, 0.717) is 43.4 Å². The summed E-state index contributed by atoms with van der Waals surface area (Å²) in [6.45, 7) is 5.72. The molecule has 178 valence electrons. The number of carbonyl (C=O) groups is 2. The first-order valence-electron chi connectivity index (χ1n) is 11.5. The first-order chi connectivity index (χ1) is 16.5. The summed E-state index contributed by atoms with van der Waals surface area (Å²) in [5.74, 6) is 0.883. The van der Waals surface area contributed by atoms with Crippen molar-refractivity contribution in [2.75, 3.05) is 36.5 Å². The van der Waals surface area contributed by atoms with Crippen LogP contribution in [-0.2, 0) is 4.79 Å². The molecule has 2 aromatic rings. The molecule has 3 aliphatic rings. The summed E-state index contributed by atoms with van der Waals surface area (Å²) in [6, 6.07) is 9.93. The molecule has 0 saturated carbocycles. The van der Waals surface area contributed by atoms with Gasteiger partial charge in [0, 0.05) is 18.7 Å². The van der Waals surface area contributed by atoms with E-state index in [1.54, 1.807) is 12.1 Å². The van der Waals surface area contributed by atoms with E-state index in [0.717, 1.165) is 30.6 Å². The van der Waals surface area contributed by atoms with E-state index in [2.05, 4.69) is 22.1 Å². The average molecular weight is 465 g/mol. The van der Waals surface area contributed by atoms with Gasteiger partial charge in [-0.2, -0.15) is 0 Å². The molecule has 34 heavy (non-hydrogen) atoms. The molecule has 9 nitrogen and oxygen atoms in total. The summed E-state index contributed by atoms with van der Waals surface area (Å²) in [4.78, 5) is 29.5. The number of benzene rings is 2. The predicted octanol–water partition coefficient (Wildman–Crippen LogP) is 2.68. The highest BCUT2D eigenvalue weighted by Crippen LogP contribution is 2.49. The van der Waals surface area contributed by atoms with Crippen LogP contribution in [0.4, 0.5) is 11.4 Å². The number of fused-ring (bicyclic) bond motifs is 3. The maximum atomic E-state index is 13.1. The summed E-state index contributed by atoms with van der Waals surface area (Å²) < 4.78 is 11.8. The van der Waals surface area contributed by atoms with Gasteiger partial charge in [0.25, 0.3) is 5.91 Å². The fourth-order valence-corrected chi connectivity index (χ4v) is 4.85. The van der Waals surface area contributed by atoms with Crippen molar-refractivity contribution in [1.82, 2.24) is 10.2 Å². The van der Waals surface area contributed by atoms with E-state index in [9.17, 15) is 14.7 Å². The number of hydrogen-bond acceptors (Lipinski definition) is 7. The highest BCUT2D eigenvalue weighted by molar-refractivity contribution is 5.96. The van der Waals surface area contributed by atoms with Crippen molar-refractivity contribution in [2.45, 2.75) is 31.6 Å². The van der Waals surface area contributed by atoms with Crippen molar-refractivity contribution in [3.05, 3.63) is 54.6 Å². The molecule has 5 rings (SSSR count). The van der Waals surface area contributed by atoms with Crippen LogP contribution in [0.1, 0.15) is 29.6 Å². The van der Waals surface area contributed by atoms with Crippen molar-refractivity contribution in [1.29, 1.82) is 0 Å². The zero-order chi connectivity index (χ0) is 23.7. The van der Waals surface area contributed by atoms with E-state index in [-0.39, 0.29) is 23.6 Å². The smallest absolute Gasteiger partial charge is 0.254 e. The molecule has 3 N–H and O–H groups in total. The predicted molar refractivity (Wildman–Crippen MR) is 127 cm³/mol. The molecule has 1 unspecified atom stereocenters. The minimum atomic E-state index is -0.578. The number of nitrogens with one attached hydrogen (secondary N) is 2. The highest BCUT2D eigenvalue weighted by atomic mass is 16.6. The van der Waals surface area contributed by atoms with Gasteiger partial charge in [-0.15, -0.1) is 0 Å². The monoisotopic (exact) mass is 464 g/mol. The maximum absolute atomic E-state index is 13.1. The molecule has 9 heteroatoms. The number of rotatable bonds is 4. The van der Waals surface area contributed by atoms with E-state index in [1.165, 1.54) is 18.2 Å². The Morgan fingerprint density at radius 1 is 1.18 bits per heavy atom. The Hall–Kier alpha value is -3.88. The molecular weight excluding hydrogens is 436 g/mol. The third kappa shape index (κ3) is 4.09. The third-order valence-corrected chi connectivity index (χ3v) is 6.41. The highest BCUT2D eigenvalue weighted by Gasteiger charge is 2.40. The van der Waals surface area contributed by atoms with Gasteiger partial charge >= 0.3 is 0 Å². The summed E-state index contributed by atoms with van der Waals surface area (Å²) in [5.41, 5.74) is 1.98. The van der Waals surface area contributed by atoms with Crippen LogP contribution in [0.25, 0.3) is 0 Å². The number of hydrogen-bond donors (Lipinski definition) is 3. The van der Waals surface area contributed by atoms with Crippen molar-refractivity contribution < 1.29 is 24.2 Å². The molecule has 0 aliphatic carbocycles. The summed E-state index contributed by atoms with van der Waals surface area (Å²) >= 11 is 0. The second kappa shape index (κ2) is 9.17. The number of likely N-dealkylation sites (tertiary alicyclic amines) is 1. The normalized spacial score (nSPS) is 21.2. The molecule has 0 spiro atoms. The SMILES string of the molecule is C=CC(=O)N1CCCC[C@@H](N2c3c(ccc4c3OCCO4)NC2NC(=O)c2cccc(O)c2)C1. The van der Waals surface area contributed by atoms with Gasteiger partial charge in [0.2, 0.25) is 5.91 Å². The fraction of sp³-hybridized carbons (Fsp3) is 0.360. The van der Waals surface area contributed by atoms with Crippen molar-refractivity contribution in [3.63, 3.8) is 0 Å². The second-order valence-corrected chi connectivity index (χ2v) is 8.60. The van der Waals surface area contributed by atoms with Crippen LogP contribution >= 0.6 is 0 Å². The van der Waals surface area contributed by atoms with Gasteiger partial charge in [-0.05, 0) is 55.7 Å². The molecule has 0 bridgehead atoms. The number of amides is 2. The molecule has 2 amide bonds. The number of phenolic OH excluding ortho intramolecular Hbond substituents is 1. The molecule has 1 fully saturated rings. The minimum Gasteiger partial charge on any atom is -0.508 e. The molecule has 3 aliphatic heterocycles. The second-order valence-electron chi connectivity index (χ2n) is 8.60. The maximum Gasteiger partial charge on any atom is 0.254 e. The van der Waals surface area contributed by atoms with Crippen molar-refractivity contribution >= 4 is 23.2 Å². The Morgan fingerprint density at radius 2 is 2.03 bits per heavy atom. The Balaban J connectivity index is 1.51. The lowest BCUT2D eigenvalue weighted by molar-refractivity contribution is -0.126. The lowest BCUT2D eigenvalue weighted by Gasteiger charge is -2.37. The zero-order valence-electron chi connectivity index (χ0n) is 18.8. The first-order valence-corrected chi connectivity index (χ1v) is 11.5. The quantitative estimate of drug-likeness (QED) is 0.598. The zero-order valence-corrected chi connectivity index (χ0v) is 18.8. The van der Waals surface area contributed by atoms with Gasteiger partial charge < -0.3 is 35.0 Å². The van der Waals surface area contributed by atoms with Gasteiger partial charge in [0.05, 0.1) is 11.7 Å². The van der Waals surface area contributed by atoms with E-state index in [4.69, 9.17) is 9.47 Å². The number of anilines is 2. The molecule has 2 atom stereocenters. The van der Waals surface area contributed by atoms with Gasteiger partial charge in [-0.1, -0.05) is 12.6 Å². The fourth-order valence-electron chi connectivity index (χ4n) is 4.85. The summed E-state index contributed by atoms with van der Waals surface area (Å²) in [7, 11) is 0. The lowest BCUT2D eigenvalue weighted by Crippen LogP contribution is -2.56. The largest absolute Gasteiger partial charge is 0.508 e. The standard InChI is InChI=1S/C25H28N4O5/c1-2-21(31)28-11-4-3-7-17(15-28)29-22-19(9-10-20-23(22)34-13-12-33-20)26-25(29)27-24(32)16-6-5-8-18(30)14-16/h2,5-6,8-10,14,17,25-26,30H,1,3-4,7,11-13,15H2,(H,27,32)/t17-,25?/m1/s1. The van der Waals surface area contributed by atoms with Gasteiger partial charge in [-0.3, -0.25) is 9.59 Å². The molecule has 1 saturated heterocycles. The van der Waals surface area contributed by atoms with Gasteiger partial charge in [-0.25, -0.2) is 0 Å². The summed E-state index contributed by atoms with van der Waals surface area (Å²) in [5, 5.41) is 16.3. The Kier molecular flexibility index (Phi) is 5.91. The molecule has 0 radical (unpaired) electrons. The van der Waals surface area contributed by atoms with E-state index in [1.807, 2.05) is 17.0 Å². The van der Waals surface area contributed by atoms with Crippen LogP contribution in [0.3, 0.4) is 0 Å². The number of nitrogens with zero attached hydrogens (tertiary/aromatic N) is 2. The van der Waals surface area contributed by atoms with Crippen LogP contribution in [0.2, 0.25) is 0 Å². The Bertz CT molecular complexity index is 1120.